The van der Waals surface area contributed by atoms with E-state index in [0.717, 1.165) is 61.7 Å². The van der Waals surface area contributed by atoms with Gasteiger partial charge in [0.05, 0.1) is 22.6 Å². The number of aromatic hydroxyl groups is 1. The van der Waals surface area contributed by atoms with Gasteiger partial charge in [-0.25, -0.2) is 4.98 Å². The third-order valence-electron chi connectivity index (χ3n) is 12.8. The van der Waals surface area contributed by atoms with Crippen molar-refractivity contribution >= 4 is 29.4 Å². The molecule has 0 spiro atoms. The van der Waals surface area contributed by atoms with Gasteiger partial charge in [-0.1, -0.05) is 172 Å². The number of hydrogen-bond acceptors (Lipinski definition) is 3. The summed E-state index contributed by atoms with van der Waals surface area (Å²) in [5.74, 6) is 1.06. The molecule has 0 fully saturated rings. The van der Waals surface area contributed by atoms with Crippen molar-refractivity contribution in [2.45, 2.75) is 91.7 Å². The Morgan fingerprint density at radius 2 is 1.18 bits per heavy atom. The average molecular weight is 816 g/mol. The van der Waals surface area contributed by atoms with Gasteiger partial charge in [-0.3, -0.25) is 9.55 Å². The van der Waals surface area contributed by atoms with Gasteiger partial charge < -0.3 is 5.11 Å². The van der Waals surface area contributed by atoms with Gasteiger partial charge in [0.2, 0.25) is 0 Å². The minimum absolute atomic E-state index is 0.158. The van der Waals surface area contributed by atoms with Crippen molar-refractivity contribution in [2.75, 3.05) is 0 Å². The molecule has 9 rings (SSSR count). The molecule has 2 aromatic heterocycles. The van der Waals surface area contributed by atoms with Gasteiger partial charge in [0.1, 0.15) is 19.6 Å². The smallest absolute Gasteiger partial charge is 0.148 e. The molecule has 0 saturated carbocycles. The monoisotopic (exact) mass is 815 g/mol. The van der Waals surface area contributed by atoms with E-state index in [4.69, 9.17) is 9.97 Å². The molecule has 1 N–H and O–H groups in total. The summed E-state index contributed by atoms with van der Waals surface area (Å²) < 4.78 is 2.43. The number of imidazole rings is 1. The number of para-hydroxylation sites is 1. The largest absolute Gasteiger partial charge is 0.507 e. The molecule has 306 valence electrons. The molecule has 0 aliphatic carbocycles. The summed E-state index contributed by atoms with van der Waals surface area (Å²) in [5, 5.41) is 17.5. The Bertz CT molecular complexity index is 3010. The molecule has 0 amide bonds. The van der Waals surface area contributed by atoms with Crippen LogP contribution in [0.15, 0.2) is 140 Å². The molecule has 0 atom stereocenters. The highest BCUT2D eigenvalue weighted by atomic mass is 28.3. The number of aromatic nitrogens is 3. The molecule has 1 aliphatic rings. The van der Waals surface area contributed by atoms with Crippen molar-refractivity contribution in [1.29, 1.82) is 0 Å². The Hall–Kier alpha value is -6.04. The lowest BCUT2D eigenvalue weighted by molar-refractivity contribution is 0.446. The quantitative estimate of drug-likeness (QED) is 0.180. The number of phenols is 1. The Labute approximate surface area is 363 Å². The zero-order valence-corrected chi connectivity index (χ0v) is 38.6. The number of rotatable bonds is 4. The molecular formula is C56H57N3OSi. The number of pyridine rings is 1. The van der Waals surface area contributed by atoms with E-state index >= 15 is 0 Å². The van der Waals surface area contributed by atoms with Crippen molar-refractivity contribution in [2.24, 2.45) is 0 Å². The van der Waals surface area contributed by atoms with E-state index in [2.05, 4.69) is 213 Å². The Morgan fingerprint density at radius 1 is 0.525 bits per heavy atom. The maximum atomic E-state index is 12.6. The van der Waals surface area contributed by atoms with Gasteiger partial charge in [-0.2, -0.15) is 0 Å². The fourth-order valence-electron chi connectivity index (χ4n) is 9.46. The molecule has 61 heavy (non-hydrogen) atoms. The van der Waals surface area contributed by atoms with Crippen LogP contribution in [-0.4, -0.2) is 27.7 Å². The second-order valence-corrected chi connectivity index (χ2v) is 24.8. The maximum absolute atomic E-state index is 12.6. The van der Waals surface area contributed by atoms with Crippen LogP contribution in [0, 0.1) is 0 Å². The summed E-state index contributed by atoms with van der Waals surface area (Å²) >= 11 is 0. The molecule has 6 aromatic carbocycles. The van der Waals surface area contributed by atoms with Crippen LogP contribution >= 0.6 is 0 Å². The lowest BCUT2D eigenvalue weighted by Crippen LogP contribution is -2.56. The maximum Gasteiger partial charge on any atom is 0.148 e. The summed E-state index contributed by atoms with van der Waals surface area (Å²) in [6, 6.07) is 48.4. The zero-order chi connectivity index (χ0) is 43.2. The average Bonchev–Trinajstić information content (AvgIpc) is 3.60. The molecule has 0 radical (unpaired) electrons. The van der Waals surface area contributed by atoms with Crippen LogP contribution in [0.3, 0.4) is 0 Å². The predicted octanol–water partition coefficient (Wildman–Crippen LogP) is 13.5. The third-order valence-corrected chi connectivity index (χ3v) is 16.2. The fourth-order valence-corrected chi connectivity index (χ4v) is 12.7. The normalized spacial score (nSPS) is 13.7. The minimum Gasteiger partial charge on any atom is -0.507 e. The molecule has 4 nitrogen and oxygen atoms in total. The van der Waals surface area contributed by atoms with E-state index in [1.54, 1.807) is 0 Å². The number of nitrogens with zero attached hydrogens (tertiary/aromatic N) is 3. The topological polar surface area (TPSA) is 50.9 Å². The number of phenolic OH excluding ortho intramolecular Hbond substituents is 1. The number of fused-ring (bicyclic) bond motifs is 6. The first-order valence-electron chi connectivity index (χ1n) is 21.6. The highest BCUT2D eigenvalue weighted by molar-refractivity contribution is 7.01. The molecule has 8 aromatic rings. The summed E-state index contributed by atoms with van der Waals surface area (Å²) in [4.78, 5) is 10.9. The van der Waals surface area contributed by atoms with Crippen molar-refractivity contribution in [3.63, 3.8) is 0 Å². The van der Waals surface area contributed by atoms with Gasteiger partial charge in [-0.15, -0.1) is 0 Å². The Balaban J connectivity index is 1.43. The first kappa shape index (κ1) is 40.4. The van der Waals surface area contributed by atoms with Gasteiger partial charge in [0.25, 0.3) is 0 Å². The second-order valence-electron chi connectivity index (χ2n) is 20.5. The highest BCUT2D eigenvalue weighted by Crippen LogP contribution is 2.46. The lowest BCUT2D eigenvalue weighted by atomic mass is 9.79. The van der Waals surface area contributed by atoms with E-state index < -0.39 is 8.07 Å². The first-order valence-corrected chi connectivity index (χ1v) is 24.6. The summed E-state index contributed by atoms with van der Waals surface area (Å²) in [6.07, 6.45) is 1.93. The van der Waals surface area contributed by atoms with Crippen LogP contribution in [0.4, 0.5) is 0 Å². The van der Waals surface area contributed by atoms with Gasteiger partial charge in [-0.05, 0) is 96.4 Å². The SMILES string of the molecule is CC(C)(C)c1cc(-c2nc(-c3cccc4c(C(C)(C)C)cc(-c5cc(-c6ccccc6)ccn5)cc34)c3n2-c2ccccc2-c2ccccc2[Si]3(C)C)c(O)c(C(C)(C)C)c1. The standard InChI is InChI=1S/C56H57N3OSi/c1-54(2,3)38-33-44(51(60)46(34-38)56(7,8)9)52-58-50(53-59(52)48-26-17-15-22-40(48)41-23-16-18-27-49(41)61(53,10)11)42-25-19-24-39-43(42)30-37(31-45(39)55(4,5)6)47-32-36(28-29-57-47)35-20-13-12-14-21-35/h12-34,60H,1-11H3. The van der Waals surface area contributed by atoms with Crippen molar-refractivity contribution in [3.8, 4) is 67.6 Å². The minimum atomic E-state index is -2.59. The molecule has 3 heterocycles. The number of benzene rings is 6. The lowest BCUT2D eigenvalue weighted by Gasteiger charge is -2.28. The third kappa shape index (κ3) is 6.84. The van der Waals surface area contributed by atoms with E-state index in [9.17, 15) is 5.11 Å². The van der Waals surface area contributed by atoms with Crippen LogP contribution in [0.1, 0.15) is 79.0 Å². The molecular weight excluding hydrogens is 759 g/mol. The summed E-state index contributed by atoms with van der Waals surface area (Å²) in [7, 11) is -2.59. The molecule has 0 bridgehead atoms. The van der Waals surface area contributed by atoms with E-state index in [-0.39, 0.29) is 22.0 Å². The van der Waals surface area contributed by atoms with Crippen LogP contribution < -0.4 is 10.5 Å². The van der Waals surface area contributed by atoms with E-state index in [1.165, 1.54) is 38.1 Å². The molecule has 1 aliphatic heterocycles. The fraction of sp³-hybridized carbons (Fsp3) is 0.250. The van der Waals surface area contributed by atoms with Gasteiger partial charge in [0.15, 0.2) is 0 Å². The van der Waals surface area contributed by atoms with Crippen LogP contribution in [-0.2, 0) is 16.2 Å². The highest BCUT2D eigenvalue weighted by Gasteiger charge is 2.41. The van der Waals surface area contributed by atoms with Crippen molar-refractivity contribution in [3.05, 3.63) is 156 Å². The van der Waals surface area contributed by atoms with E-state index in [1.807, 2.05) is 6.20 Å². The van der Waals surface area contributed by atoms with Crippen LogP contribution in [0.5, 0.6) is 5.75 Å². The van der Waals surface area contributed by atoms with Crippen LogP contribution in [0.25, 0.3) is 72.6 Å². The van der Waals surface area contributed by atoms with Gasteiger partial charge in [0, 0.05) is 33.8 Å². The second kappa shape index (κ2) is 14.3. The molecule has 0 saturated heterocycles. The Kier molecular flexibility index (Phi) is 9.45. The number of hydrogen-bond donors (Lipinski definition) is 1. The first-order chi connectivity index (χ1) is 28.8. The van der Waals surface area contributed by atoms with Gasteiger partial charge >= 0.3 is 0 Å². The summed E-state index contributed by atoms with van der Waals surface area (Å²) in [6.45, 7) is 25.1. The van der Waals surface area contributed by atoms with Crippen LogP contribution in [0.2, 0.25) is 13.1 Å². The van der Waals surface area contributed by atoms with E-state index in [0.29, 0.717) is 0 Å². The van der Waals surface area contributed by atoms with Crippen molar-refractivity contribution < 1.29 is 5.11 Å². The summed E-state index contributed by atoms with van der Waals surface area (Å²) in [5.41, 5.74) is 13.3. The Morgan fingerprint density at radius 3 is 1.89 bits per heavy atom. The molecule has 5 heteroatoms. The molecule has 0 unspecified atom stereocenters. The van der Waals surface area contributed by atoms with Crippen molar-refractivity contribution in [1.82, 2.24) is 14.5 Å². The zero-order valence-electron chi connectivity index (χ0n) is 37.6. The predicted molar refractivity (Wildman–Crippen MR) is 261 cm³/mol.